The van der Waals surface area contributed by atoms with Crippen molar-refractivity contribution in [3.63, 3.8) is 0 Å². The van der Waals surface area contributed by atoms with Gasteiger partial charge in [-0.3, -0.25) is 10.1 Å². The van der Waals surface area contributed by atoms with Crippen LogP contribution in [0, 0.1) is 10.1 Å². The first-order chi connectivity index (χ1) is 9.31. The summed E-state index contributed by atoms with van der Waals surface area (Å²) in [5.74, 6) is -0.125. The third kappa shape index (κ3) is 2.89. The van der Waals surface area contributed by atoms with E-state index in [0.717, 1.165) is 0 Å². The maximum Gasteiger partial charge on any atom is 0.334 e. The lowest BCUT2D eigenvalue weighted by Crippen LogP contribution is -2.49. The highest BCUT2D eigenvalue weighted by atomic mass is 16.6. The molecular weight excluding hydrogens is 268 g/mol. The molecule has 1 rings (SSSR count). The molecule has 9 nitrogen and oxygen atoms in total. The van der Waals surface area contributed by atoms with Gasteiger partial charge in [-0.05, 0) is 0 Å². The minimum absolute atomic E-state index is 0.0378. The molecule has 0 saturated carbocycles. The van der Waals surface area contributed by atoms with Crippen LogP contribution < -0.4 is 5.32 Å². The van der Waals surface area contributed by atoms with Crippen molar-refractivity contribution in [2.45, 2.75) is 25.3 Å². The molecule has 20 heavy (non-hydrogen) atoms. The maximum absolute atomic E-state index is 11.2. The second-order valence-corrected chi connectivity index (χ2v) is 5.00. The topological polar surface area (TPSA) is 134 Å². The molecule has 1 aromatic heterocycles. The number of aliphatic hydroxyl groups excluding tert-OH is 3. The van der Waals surface area contributed by atoms with Crippen molar-refractivity contribution >= 4 is 11.5 Å². The highest BCUT2D eigenvalue weighted by molar-refractivity contribution is 5.62. The first kappa shape index (κ1) is 16.3. The van der Waals surface area contributed by atoms with Gasteiger partial charge < -0.3 is 20.6 Å². The number of anilines is 1. The molecule has 0 radical (unpaired) electrons. The zero-order valence-electron chi connectivity index (χ0n) is 11.7. The highest BCUT2D eigenvalue weighted by Gasteiger charge is 2.35. The van der Waals surface area contributed by atoms with E-state index < -0.39 is 30.3 Å². The van der Waals surface area contributed by atoms with Crippen molar-refractivity contribution in [3.8, 4) is 0 Å². The fourth-order valence-electron chi connectivity index (χ4n) is 1.76. The Hall–Kier alpha value is -1.71. The summed E-state index contributed by atoms with van der Waals surface area (Å²) in [4.78, 5) is 10.7. The Labute approximate surface area is 116 Å². The second-order valence-electron chi connectivity index (χ2n) is 5.00. The van der Waals surface area contributed by atoms with Crippen LogP contribution in [0.2, 0.25) is 0 Å². The quantitative estimate of drug-likeness (QED) is 0.395. The van der Waals surface area contributed by atoms with E-state index >= 15 is 0 Å². The summed E-state index contributed by atoms with van der Waals surface area (Å²) in [5, 5.41) is 45.8. The Bertz CT molecular complexity index is 473. The van der Waals surface area contributed by atoms with Crippen LogP contribution in [0.5, 0.6) is 0 Å². The Kier molecular flexibility index (Phi) is 5.03. The summed E-state index contributed by atoms with van der Waals surface area (Å²) in [6.07, 6.45) is 0. The predicted molar refractivity (Wildman–Crippen MR) is 71.6 cm³/mol. The summed E-state index contributed by atoms with van der Waals surface area (Å²) < 4.78 is 1.27. The molecule has 0 spiro atoms. The fourth-order valence-corrected chi connectivity index (χ4v) is 1.76. The zero-order valence-corrected chi connectivity index (χ0v) is 11.7. The maximum atomic E-state index is 11.2. The fraction of sp³-hybridized carbons (Fsp3) is 0.727. The summed E-state index contributed by atoms with van der Waals surface area (Å²) >= 11 is 0. The number of rotatable bonds is 7. The first-order valence-corrected chi connectivity index (χ1v) is 6.14. The summed E-state index contributed by atoms with van der Waals surface area (Å²) in [5.41, 5.74) is -1.38. The Balaban J connectivity index is 3.34. The minimum atomic E-state index is -1.45. The molecule has 114 valence electrons. The normalized spacial score (nSPS) is 11.9. The molecule has 0 aromatic carbocycles. The third-order valence-corrected chi connectivity index (χ3v) is 3.07. The molecule has 0 aliphatic rings. The molecule has 0 amide bonds. The van der Waals surface area contributed by atoms with E-state index in [-0.39, 0.29) is 17.4 Å². The molecule has 9 heteroatoms. The number of nitro groups is 1. The smallest absolute Gasteiger partial charge is 0.334 e. The molecule has 0 bridgehead atoms. The van der Waals surface area contributed by atoms with Crippen molar-refractivity contribution < 1.29 is 20.2 Å². The van der Waals surface area contributed by atoms with E-state index in [9.17, 15) is 25.4 Å². The van der Waals surface area contributed by atoms with Crippen molar-refractivity contribution in [1.82, 2.24) is 9.78 Å². The highest BCUT2D eigenvalue weighted by Crippen LogP contribution is 2.34. The van der Waals surface area contributed by atoms with Gasteiger partial charge in [0, 0.05) is 13.0 Å². The Morgan fingerprint density at radius 2 is 1.85 bits per heavy atom. The van der Waals surface area contributed by atoms with E-state index in [2.05, 4.69) is 10.4 Å². The van der Waals surface area contributed by atoms with Crippen molar-refractivity contribution in [3.05, 3.63) is 15.8 Å². The van der Waals surface area contributed by atoms with Gasteiger partial charge in [-0.25, -0.2) is 4.68 Å². The van der Waals surface area contributed by atoms with Gasteiger partial charge in [0.1, 0.15) is 11.2 Å². The van der Waals surface area contributed by atoms with Gasteiger partial charge in [0.2, 0.25) is 5.82 Å². The molecule has 0 saturated heterocycles. The molecule has 0 atom stereocenters. The van der Waals surface area contributed by atoms with Crippen molar-refractivity contribution in [2.75, 3.05) is 25.1 Å². The lowest BCUT2D eigenvalue weighted by atomic mass is 10.0. The third-order valence-electron chi connectivity index (χ3n) is 3.07. The molecule has 0 aliphatic heterocycles. The lowest BCUT2D eigenvalue weighted by Gasteiger charge is -2.29. The zero-order chi connectivity index (χ0) is 15.5. The van der Waals surface area contributed by atoms with E-state index in [1.165, 1.54) is 11.7 Å². The Morgan fingerprint density at radius 1 is 1.35 bits per heavy atom. The van der Waals surface area contributed by atoms with Gasteiger partial charge in [-0.2, -0.15) is 5.10 Å². The number of aliphatic hydroxyl groups is 3. The van der Waals surface area contributed by atoms with Gasteiger partial charge in [0.25, 0.3) is 0 Å². The number of nitrogens with one attached hydrogen (secondary N) is 1. The number of aromatic nitrogens is 2. The SMILES string of the molecule is CC(C)c1nn(C)c(NC(CO)(CO)CO)c1[N+](=O)[O-]. The monoisotopic (exact) mass is 288 g/mol. The van der Waals surface area contributed by atoms with Crippen LogP contribution in [0.4, 0.5) is 11.5 Å². The second kappa shape index (κ2) is 6.16. The predicted octanol–water partition coefficient (Wildman–Crippen LogP) is -0.421. The van der Waals surface area contributed by atoms with Gasteiger partial charge in [-0.15, -0.1) is 0 Å². The van der Waals surface area contributed by atoms with E-state index in [1.54, 1.807) is 13.8 Å². The molecular formula is C11H20N4O5. The van der Waals surface area contributed by atoms with Gasteiger partial charge in [0.15, 0.2) is 0 Å². The van der Waals surface area contributed by atoms with Crippen LogP contribution in [0.15, 0.2) is 0 Å². The summed E-state index contributed by atoms with van der Waals surface area (Å²) in [6.45, 7) is 1.80. The molecule has 0 fully saturated rings. The molecule has 0 aliphatic carbocycles. The average molecular weight is 288 g/mol. The summed E-state index contributed by atoms with van der Waals surface area (Å²) in [6, 6.07) is 0. The van der Waals surface area contributed by atoms with Gasteiger partial charge in [-0.1, -0.05) is 13.8 Å². The number of hydrogen-bond donors (Lipinski definition) is 4. The number of nitrogens with zero attached hydrogens (tertiary/aromatic N) is 3. The Morgan fingerprint density at radius 3 is 2.20 bits per heavy atom. The molecule has 4 N–H and O–H groups in total. The van der Waals surface area contributed by atoms with Crippen LogP contribution in [0.25, 0.3) is 0 Å². The summed E-state index contributed by atoms with van der Waals surface area (Å²) in [7, 11) is 1.51. The van der Waals surface area contributed by atoms with Crippen molar-refractivity contribution in [1.29, 1.82) is 0 Å². The average Bonchev–Trinajstić information content (AvgIpc) is 2.73. The lowest BCUT2D eigenvalue weighted by molar-refractivity contribution is -0.384. The van der Waals surface area contributed by atoms with Gasteiger partial charge in [0.05, 0.1) is 24.7 Å². The van der Waals surface area contributed by atoms with Gasteiger partial charge >= 0.3 is 5.69 Å². The van der Waals surface area contributed by atoms with Crippen LogP contribution in [0.1, 0.15) is 25.5 Å². The number of hydrogen-bond acceptors (Lipinski definition) is 7. The van der Waals surface area contributed by atoms with Crippen molar-refractivity contribution in [2.24, 2.45) is 7.05 Å². The van der Waals surface area contributed by atoms with E-state index in [0.29, 0.717) is 5.69 Å². The molecule has 1 heterocycles. The van der Waals surface area contributed by atoms with Crippen LogP contribution in [0.3, 0.4) is 0 Å². The largest absolute Gasteiger partial charge is 0.394 e. The first-order valence-electron chi connectivity index (χ1n) is 6.14. The van der Waals surface area contributed by atoms with E-state index in [4.69, 9.17) is 0 Å². The standard InChI is InChI=1S/C11H20N4O5/c1-7(2)8-9(15(19)20)10(14(3)13-8)12-11(4-16,5-17)6-18/h7,12,16-18H,4-6H2,1-3H3. The van der Waals surface area contributed by atoms with Crippen LogP contribution >= 0.6 is 0 Å². The van der Waals surface area contributed by atoms with Crippen LogP contribution in [-0.4, -0.2) is 55.4 Å². The molecule has 1 aromatic rings. The molecule has 0 unspecified atom stereocenters. The van der Waals surface area contributed by atoms with E-state index in [1.807, 2.05) is 0 Å². The minimum Gasteiger partial charge on any atom is -0.394 e. The number of aryl methyl sites for hydroxylation is 1. The van der Waals surface area contributed by atoms with Crippen LogP contribution in [-0.2, 0) is 7.05 Å².